The lowest BCUT2D eigenvalue weighted by atomic mass is 10.0. The number of benzene rings is 1. The van der Waals surface area contributed by atoms with Gasteiger partial charge in [0.15, 0.2) is 5.82 Å². The van der Waals surface area contributed by atoms with Crippen LogP contribution in [0.1, 0.15) is 23.2 Å². The lowest BCUT2D eigenvalue weighted by Gasteiger charge is -2.46. The van der Waals surface area contributed by atoms with Gasteiger partial charge in [0.05, 0.1) is 28.0 Å². The monoisotopic (exact) mass is 613 g/mol. The Balaban J connectivity index is 1.73. The highest BCUT2D eigenvalue weighted by Crippen LogP contribution is 2.40. The third-order valence-electron chi connectivity index (χ3n) is 5.86. The molecule has 0 spiro atoms. The zero-order valence-electron chi connectivity index (χ0n) is 18.3. The van der Waals surface area contributed by atoms with Gasteiger partial charge in [-0.1, -0.05) is 27.7 Å². The van der Waals surface area contributed by atoms with Crippen LogP contribution in [0.4, 0.5) is 23.0 Å². The smallest absolute Gasteiger partial charge is 0.356 e. The van der Waals surface area contributed by atoms with E-state index in [0.29, 0.717) is 53.6 Å². The number of nitrogens with one attached hydrogen (secondary N) is 1. The van der Waals surface area contributed by atoms with Crippen molar-refractivity contribution in [1.29, 1.82) is 0 Å². The topological polar surface area (TPSA) is 153 Å². The number of carbonyl (C=O) groups excluding carboxylic acids is 2. The summed E-state index contributed by atoms with van der Waals surface area (Å²) >= 11 is 7.22. The van der Waals surface area contributed by atoms with Gasteiger partial charge in [-0.15, -0.1) is 0 Å². The van der Waals surface area contributed by atoms with Crippen LogP contribution in [-0.2, 0) is 13.8 Å². The SMILES string of the molecule is [N-]=[N+]=NC[C@@H]1C(=O)N(CI)c2ccc(Nc3ccc(C(=O)OCl)cc3O)nc2N1C1CCOCC1. The molecule has 12 nitrogen and oxygen atoms in total. The number of halogens is 2. The van der Waals surface area contributed by atoms with E-state index in [0.717, 1.165) is 0 Å². The average Bonchev–Trinajstić information content (AvgIpc) is 2.88. The molecule has 1 aromatic heterocycles. The summed E-state index contributed by atoms with van der Waals surface area (Å²) in [6.07, 6.45) is 1.39. The van der Waals surface area contributed by atoms with Gasteiger partial charge in [-0.25, -0.2) is 9.78 Å². The van der Waals surface area contributed by atoms with Crippen molar-refractivity contribution in [2.45, 2.75) is 24.9 Å². The van der Waals surface area contributed by atoms with Gasteiger partial charge in [-0.2, -0.15) is 0 Å². The molecule has 1 aromatic carbocycles. The fraction of sp³-hybridized carbons (Fsp3) is 0.381. The lowest BCUT2D eigenvalue weighted by Crippen LogP contribution is -2.59. The van der Waals surface area contributed by atoms with Gasteiger partial charge >= 0.3 is 5.97 Å². The van der Waals surface area contributed by atoms with Crippen LogP contribution in [0, 0.1) is 0 Å². The molecule has 14 heteroatoms. The van der Waals surface area contributed by atoms with Gasteiger partial charge in [-0.3, -0.25) is 9.69 Å². The number of rotatable bonds is 7. The number of carbonyl (C=O) groups is 2. The van der Waals surface area contributed by atoms with Gasteiger partial charge in [0.2, 0.25) is 0 Å². The molecule has 2 N–H and O–H groups in total. The zero-order valence-corrected chi connectivity index (χ0v) is 21.2. The summed E-state index contributed by atoms with van der Waals surface area (Å²) in [6.45, 7) is 1.08. The Bertz CT molecular complexity index is 1170. The van der Waals surface area contributed by atoms with Crippen molar-refractivity contribution in [3.63, 3.8) is 0 Å². The maximum atomic E-state index is 13.4. The number of alkyl halides is 1. The van der Waals surface area contributed by atoms with Crippen molar-refractivity contribution in [2.75, 3.05) is 39.4 Å². The first-order valence-electron chi connectivity index (χ1n) is 10.7. The molecule has 184 valence electrons. The third-order valence-corrected chi connectivity index (χ3v) is 6.69. The number of phenols is 1. The number of aromatic hydroxyl groups is 1. The molecule has 4 rings (SSSR count). The molecule has 0 bridgehead atoms. The van der Waals surface area contributed by atoms with Gasteiger partial charge < -0.3 is 24.3 Å². The molecule has 2 aromatic rings. The maximum absolute atomic E-state index is 13.4. The Morgan fingerprint density at radius 2 is 2.14 bits per heavy atom. The highest BCUT2D eigenvalue weighted by Gasteiger charge is 2.42. The molecule has 0 aliphatic carbocycles. The predicted octanol–water partition coefficient (Wildman–Crippen LogP) is 4.24. The van der Waals surface area contributed by atoms with Gasteiger partial charge in [0.25, 0.3) is 5.91 Å². The van der Waals surface area contributed by atoms with Crippen LogP contribution in [-0.4, -0.2) is 58.4 Å². The minimum atomic E-state index is -0.790. The summed E-state index contributed by atoms with van der Waals surface area (Å²) in [4.78, 5) is 36.1. The van der Waals surface area contributed by atoms with Crippen LogP contribution >= 0.6 is 34.5 Å². The number of aromatic nitrogens is 1. The summed E-state index contributed by atoms with van der Waals surface area (Å²) in [5, 5.41) is 17.1. The number of amides is 1. The molecule has 3 heterocycles. The molecule has 1 atom stereocenters. The Morgan fingerprint density at radius 3 is 2.80 bits per heavy atom. The molecular weight excluding hydrogens is 593 g/mol. The largest absolute Gasteiger partial charge is 0.506 e. The molecule has 1 saturated heterocycles. The van der Waals surface area contributed by atoms with E-state index in [9.17, 15) is 14.7 Å². The Morgan fingerprint density at radius 1 is 1.37 bits per heavy atom. The summed E-state index contributed by atoms with van der Waals surface area (Å²) in [5.41, 5.74) is 9.95. The number of anilines is 4. The Hall–Kier alpha value is -3.00. The second-order valence-electron chi connectivity index (χ2n) is 7.83. The summed E-state index contributed by atoms with van der Waals surface area (Å²) in [7, 11) is 0. The minimum Gasteiger partial charge on any atom is -0.506 e. The fourth-order valence-corrected chi connectivity index (χ4v) is 5.01. The van der Waals surface area contributed by atoms with Crippen LogP contribution in [0.15, 0.2) is 35.4 Å². The second kappa shape index (κ2) is 11.2. The van der Waals surface area contributed by atoms with Crippen molar-refractivity contribution in [2.24, 2.45) is 5.11 Å². The number of nitrogens with zero attached hydrogens (tertiary/aromatic N) is 6. The van der Waals surface area contributed by atoms with Crippen molar-refractivity contribution in [1.82, 2.24) is 4.98 Å². The van der Waals surface area contributed by atoms with Crippen molar-refractivity contribution in [3.8, 4) is 5.75 Å². The molecule has 35 heavy (non-hydrogen) atoms. The number of phenolic OH excluding ortho intramolecular Hbond substituents is 1. The molecular formula is C21H21ClIN7O5. The van der Waals surface area contributed by atoms with E-state index in [2.05, 4.69) is 42.2 Å². The molecule has 1 amide bonds. The first kappa shape index (κ1) is 25.1. The molecule has 0 unspecified atom stereocenters. The first-order chi connectivity index (χ1) is 17.0. The van der Waals surface area contributed by atoms with Crippen LogP contribution in [0.3, 0.4) is 0 Å². The summed E-state index contributed by atoms with van der Waals surface area (Å²) in [5.74, 6) is -0.169. The standard InChI is InChI=1S/C21H21ClIN7O5/c22-35-21(33)12-1-2-14(17(31)9-12)26-18-4-3-15-19(27-18)30(13-5-7-34-8-6-13)16(10-25-28-24)20(32)29(15)11-23/h1-4,9,13,16,31H,5-8,10-11H2,(H,26,27)/t16-/m1/s1. The van der Waals surface area contributed by atoms with Gasteiger partial charge in [-0.05, 0) is 48.7 Å². The first-order valence-corrected chi connectivity index (χ1v) is 12.5. The highest BCUT2D eigenvalue weighted by molar-refractivity contribution is 14.1. The number of pyridine rings is 1. The quantitative estimate of drug-likeness (QED) is 0.0894. The van der Waals surface area contributed by atoms with Crippen LogP contribution < -0.4 is 15.1 Å². The van der Waals surface area contributed by atoms with Crippen LogP contribution in [0.2, 0.25) is 0 Å². The van der Waals surface area contributed by atoms with Crippen LogP contribution in [0.25, 0.3) is 10.4 Å². The summed E-state index contributed by atoms with van der Waals surface area (Å²) < 4.78 is 10.1. The van der Waals surface area contributed by atoms with Crippen LogP contribution in [0.5, 0.6) is 5.75 Å². The van der Waals surface area contributed by atoms with Gasteiger partial charge in [0, 0.05) is 24.2 Å². The predicted molar refractivity (Wildman–Crippen MR) is 137 cm³/mol. The average molecular weight is 614 g/mol. The zero-order chi connectivity index (χ0) is 24.9. The lowest BCUT2D eigenvalue weighted by molar-refractivity contribution is -0.120. The number of azide groups is 1. The number of hydrogen-bond acceptors (Lipinski definition) is 9. The van der Waals surface area contributed by atoms with Gasteiger partial charge in [0.1, 0.15) is 29.5 Å². The van der Waals surface area contributed by atoms with E-state index < -0.39 is 12.0 Å². The van der Waals surface area contributed by atoms with E-state index in [1.807, 2.05) is 4.90 Å². The van der Waals surface area contributed by atoms with Crippen molar-refractivity contribution >= 4 is 69.3 Å². The normalized spacial score (nSPS) is 18.0. The van der Waals surface area contributed by atoms with E-state index in [-0.39, 0.29) is 29.8 Å². The van der Waals surface area contributed by atoms with E-state index in [1.165, 1.54) is 18.2 Å². The third kappa shape index (κ3) is 5.17. The second-order valence-corrected chi connectivity index (χ2v) is 8.66. The fourth-order valence-electron chi connectivity index (χ4n) is 4.22. The molecule has 2 aliphatic heterocycles. The van der Waals surface area contributed by atoms with E-state index >= 15 is 0 Å². The summed E-state index contributed by atoms with van der Waals surface area (Å²) in [6, 6.07) is 6.93. The molecule has 2 aliphatic rings. The number of fused-ring (bicyclic) bond motifs is 1. The Kier molecular flexibility index (Phi) is 8.00. The van der Waals surface area contributed by atoms with Crippen molar-refractivity contribution in [3.05, 3.63) is 46.3 Å². The molecule has 1 fully saturated rings. The number of ether oxygens (including phenoxy) is 1. The van der Waals surface area contributed by atoms with Crippen molar-refractivity contribution < 1.29 is 23.7 Å². The van der Waals surface area contributed by atoms with E-state index in [4.69, 9.17) is 27.1 Å². The van der Waals surface area contributed by atoms with E-state index in [1.54, 1.807) is 17.0 Å². The minimum absolute atomic E-state index is 0.0290. The maximum Gasteiger partial charge on any atom is 0.356 e. The molecule has 0 saturated carbocycles. The number of hydrogen-bond donors (Lipinski definition) is 2. The highest BCUT2D eigenvalue weighted by atomic mass is 127. The Labute approximate surface area is 219 Å². The molecule has 0 radical (unpaired) electrons.